The van der Waals surface area contributed by atoms with E-state index in [0.29, 0.717) is 0 Å². The maximum atomic E-state index is 6.51. The second-order valence-electron chi connectivity index (χ2n) is 8.98. The number of para-hydroxylation sites is 1. The first-order chi connectivity index (χ1) is 16.6. The number of fused-ring (bicyclic) bond motifs is 3. The predicted molar refractivity (Wildman–Crippen MR) is 146 cm³/mol. The summed E-state index contributed by atoms with van der Waals surface area (Å²) in [6, 6.07) is 39.1. The molecule has 164 valence electrons. The number of benzene rings is 5. The van der Waals surface area contributed by atoms with E-state index in [2.05, 4.69) is 122 Å². The van der Waals surface area contributed by atoms with Crippen LogP contribution in [0.3, 0.4) is 0 Å². The van der Waals surface area contributed by atoms with Crippen LogP contribution in [0.15, 0.2) is 109 Å². The molecular formula is C32H24ClN. The average Bonchev–Trinajstić information content (AvgIpc) is 3.18. The van der Waals surface area contributed by atoms with Crippen LogP contribution in [0, 0.1) is 13.8 Å². The van der Waals surface area contributed by atoms with Crippen LogP contribution < -0.4 is 0 Å². The summed E-state index contributed by atoms with van der Waals surface area (Å²) in [4.78, 5) is 0. The van der Waals surface area contributed by atoms with Gasteiger partial charge in [-0.15, -0.1) is 0 Å². The van der Waals surface area contributed by atoms with Gasteiger partial charge in [-0.2, -0.15) is 0 Å². The van der Waals surface area contributed by atoms with Crippen LogP contribution in [0.1, 0.15) is 11.1 Å². The number of aromatic nitrogens is 1. The number of hydrogen-bond donors (Lipinski definition) is 0. The number of halogens is 1. The highest BCUT2D eigenvalue weighted by molar-refractivity contribution is 6.31. The molecule has 0 amide bonds. The van der Waals surface area contributed by atoms with Crippen molar-refractivity contribution < 1.29 is 0 Å². The molecule has 5 aromatic carbocycles. The van der Waals surface area contributed by atoms with Gasteiger partial charge < -0.3 is 4.57 Å². The first kappa shape index (κ1) is 20.8. The molecule has 0 N–H and O–H groups in total. The minimum Gasteiger partial charge on any atom is -0.309 e. The van der Waals surface area contributed by atoms with Crippen molar-refractivity contribution >= 4 is 33.4 Å². The summed E-state index contributed by atoms with van der Waals surface area (Å²) in [5, 5.41) is 3.17. The van der Waals surface area contributed by atoms with Crippen molar-refractivity contribution in [1.82, 2.24) is 4.57 Å². The Morgan fingerprint density at radius 2 is 1.15 bits per heavy atom. The molecular weight excluding hydrogens is 434 g/mol. The van der Waals surface area contributed by atoms with Gasteiger partial charge in [0.05, 0.1) is 16.7 Å². The van der Waals surface area contributed by atoms with Gasteiger partial charge in [0.15, 0.2) is 0 Å². The Balaban J connectivity index is 1.71. The molecule has 34 heavy (non-hydrogen) atoms. The zero-order valence-electron chi connectivity index (χ0n) is 19.2. The standard InChI is InChI=1S/C32H24ClN/c1-21-7-11-23(12-8-21)25-15-17-27(24-13-9-22(2)10-14-24)31(19-25)34-30-6-4-3-5-28(30)29-18-16-26(33)20-32(29)34/h3-20H,1-2H3. The second-order valence-corrected chi connectivity index (χ2v) is 9.41. The molecule has 0 saturated carbocycles. The van der Waals surface area contributed by atoms with Gasteiger partial charge >= 0.3 is 0 Å². The Labute approximate surface area is 204 Å². The van der Waals surface area contributed by atoms with Crippen LogP contribution in [-0.2, 0) is 0 Å². The van der Waals surface area contributed by atoms with E-state index in [9.17, 15) is 0 Å². The van der Waals surface area contributed by atoms with Crippen LogP contribution in [0.4, 0.5) is 0 Å². The van der Waals surface area contributed by atoms with E-state index in [4.69, 9.17) is 11.6 Å². The summed E-state index contributed by atoms with van der Waals surface area (Å²) in [5.41, 5.74) is 10.7. The van der Waals surface area contributed by atoms with Gasteiger partial charge in [0.1, 0.15) is 0 Å². The molecule has 2 heteroatoms. The lowest BCUT2D eigenvalue weighted by atomic mass is 9.97. The molecule has 0 aliphatic heterocycles. The van der Waals surface area contributed by atoms with Crippen molar-refractivity contribution in [1.29, 1.82) is 0 Å². The lowest BCUT2D eigenvalue weighted by Gasteiger charge is -2.16. The highest BCUT2D eigenvalue weighted by atomic mass is 35.5. The summed E-state index contributed by atoms with van der Waals surface area (Å²) in [7, 11) is 0. The van der Waals surface area contributed by atoms with E-state index < -0.39 is 0 Å². The summed E-state index contributed by atoms with van der Waals surface area (Å²) >= 11 is 6.51. The van der Waals surface area contributed by atoms with Crippen molar-refractivity contribution in [3.63, 3.8) is 0 Å². The van der Waals surface area contributed by atoms with E-state index in [1.807, 2.05) is 6.07 Å². The van der Waals surface area contributed by atoms with Gasteiger partial charge in [-0.05, 0) is 54.8 Å². The van der Waals surface area contributed by atoms with Crippen LogP contribution in [0.25, 0.3) is 49.7 Å². The van der Waals surface area contributed by atoms with Gasteiger partial charge in [0.2, 0.25) is 0 Å². The molecule has 0 unspecified atom stereocenters. The third kappa shape index (κ3) is 3.50. The lowest BCUT2D eigenvalue weighted by molar-refractivity contribution is 1.18. The highest BCUT2D eigenvalue weighted by Gasteiger charge is 2.17. The van der Waals surface area contributed by atoms with Gasteiger partial charge in [0.25, 0.3) is 0 Å². The molecule has 0 aliphatic rings. The summed E-state index contributed by atoms with van der Waals surface area (Å²) < 4.78 is 2.36. The Morgan fingerprint density at radius 3 is 1.88 bits per heavy atom. The molecule has 6 rings (SSSR count). The van der Waals surface area contributed by atoms with E-state index in [1.54, 1.807) is 0 Å². The van der Waals surface area contributed by atoms with Crippen LogP contribution >= 0.6 is 11.6 Å². The van der Waals surface area contributed by atoms with Crippen molar-refractivity contribution in [2.75, 3.05) is 0 Å². The minimum absolute atomic E-state index is 0.739. The van der Waals surface area contributed by atoms with E-state index in [0.717, 1.165) is 16.2 Å². The molecule has 1 heterocycles. The zero-order valence-corrected chi connectivity index (χ0v) is 20.0. The van der Waals surface area contributed by atoms with Gasteiger partial charge in [-0.1, -0.05) is 108 Å². The Hall–Kier alpha value is -3.81. The topological polar surface area (TPSA) is 4.93 Å². The molecule has 6 aromatic rings. The smallest absolute Gasteiger partial charge is 0.0556 e. The quantitative estimate of drug-likeness (QED) is 0.249. The van der Waals surface area contributed by atoms with Gasteiger partial charge in [-0.25, -0.2) is 0 Å². The van der Waals surface area contributed by atoms with Crippen LogP contribution in [0.5, 0.6) is 0 Å². The molecule has 0 saturated heterocycles. The minimum atomic E-state index is 0.739. The Kier molecular flexibility index (Phi) is 5.01. The molecule has 1 aromatic heterocycles. The fourth-order valence-electron chi connectivity index (χ4n) is 4.82. The summed E-state index contributed by atoms with van der Waals surface area (Å²) in [6.07, 6.45) is 0. The maximum Gasteiger partial charge on any atom is 0.0556 e. The highest BCUT2D eigenvalue weighted by Crippen LogP contribution is 2.39. The van der Waals surface area contributed by atoms with Gasteiger partial charge in [0, 0.05) is 21.4 Å². The molecule has 1 nitrogen and oxygen atoms in total. The second kappa shape index (κ2) is 8.20. The number of rotatable bonds is 3. The average molecular weight is 458 g/mol. The largest absolute Gasteiger partial charge is 0.309 e. The van der Waals surface area contributed by atoms with Crippen LogP contribution in [-0.4, -0.2) is 4.57 Å². The normalized spacial score (nSPS) is 11.4. The monoisotopic (exact) mass is 457 g/mol. The molecule has 0 fully saturated rings. The van der Waals surface area contributed by atoms with Crippen molar-refractivity contribution in [3.8, 4) is 27.9 Å². The third-order valence-corrected chi connectivity index (χ3v) is 6.86. The zero-order chi connectivity index (χ0) is 23.2. The van der Waals surface area contributed by atoms with Crippen LogP contribution in [0.2, 0.25) is 5.02 Å². The molecule has 0 atom stereocenters. The number of nitrogens with zero attached hydrogens (tertiary/aromatic N) is 1. The Morgan fingerprint density at radius 1 is 0.529 bits per heavy atom. The Bertz CT molecular complexity index is 1650. The molecule has 0 bridgehead atoms. The van der Waals surface area contributed by atoms with Gasteiger partial charge in [-0.3, -0.25) is 0 Å². The molecule has 0 spiro atoms. The fourth-order valence-corrected chi connectivity index (χ4v) is 4.99. The number of aryl methyl sites for hydroxylation is 2. The maximum absolute atomic E-state index is 6.51. The first-order valence-electron chi connectivity index (χ1n) is 11.6. The van der Waals surface area contributed by atoms with Crippen molar-refractivity contribution in [2.45, 2.75) is 13.8 Å². The van der Waals surface area contributed by atoms with E-state index in [-0.39, 0.29) is 0 Å². The summed E-state index contributed by atoms with van der Waals surface area (Å²) in [5.74, 6) is 0. The number of hydrogen-bond acceptors (Lipinski definition) is 0. The van der Waals surface area contributed by atoms with Crippen molar-refractivity contribution in [2.24, 2.45) is 0 Å². The third-order valence-electron chi connectivity index (χ3n) is 6.62. The van der Waals surface area contributed by atoms with Crippen molar-refractivity contribution in [3.05, 3.63) is 125 Å². The predicted octanol–water partition coefficient (Wildman–Crippen LogP) is 9.39. The lowest BCUT2D eigenvalue weighted by Crippen LogP contribution is -1.98. The molecule has 0 aliphatic carbocycles. The first-order valence-corrected chi connectivity index (χ1v) is 11.9. The molecule has 0 radical (unpaired) electrons. The summed E-state index contributed by atoms with van der Waals surface area (Å²) in [6.45, 7) is 4.25. The fraction of sp³-hybridized carbons (Fsp3) is 0.0625. The van der Waals surface area contributed by atoms with E-state index >= 15 is 0 Å². The SMILES string of the molecule is Cc1ccc(-c2ccc(-c3ccc(C)cc3)c(-n3c4ccccc4c4ccc(Cl)cc43)c2)cc1. The van der Waals surface area contributed by atoms with E-state index in [1.165, 1.54) is 49.7 Å².